The smallest absolute Gasteiger partial charge is 0.255 e. The fourth-order valence-electron chi connectivity index (χ4n) is 1.64. The molecule has 1 aromatic heterocycles. The van der Waals surface area contributed by atoms with Gasteiger partial charge in [0.2, 0.25) is 0 Å². The van der Waals surface area contributed by atoms with Gasteiger partial charge in [-0.3, -0.25) is 4.79 Å². The standard InChI is InChI=1S/C10H6N2OS.C3H9N/c1-5-8-6(12-10(5)13)2-3-7-9(8)14-4-11-7;1-3-4-2/h2-4H,1H2,(H,12,13);4H,3H2,1-2H3. The minimum absolute atomic E-state index is 0.110. The molecule has 18 heavy (non-hydrogen) atoms. The normalized spacial score (nSPS) is 13.0. The molecular formula is C13H15N3OS. The highest BCUT2D eigenvalue weighted by atomic mass is 32.1. The van der Waals surface area contributed by atoms with Crippen molar-refractivity contribution < 1.29 is 4.79 Å². The van der Waals surface area contributed by atoms with Crippen LogP contribution in [0.3, 0.4) is 0 Å². The van der Waals surface area contributed by atoms with Gasteiger partial charge in [0.1, 0.15) is 0 Å². The number of hydrogen-bond donors (Lipinski definition) is 2. The first-order chi connectivity index (χ1) is 8.69. The molecule has 0 atom stereocenters. The third-order valence-electron chi connectivity index (χ3n) is 2.68. The molecule has 3 rings (SSSR count). The lowest BCUT2D eigenvalue weighted by atomic mass is 10.1. The van der Waals surface area contributed by atoms with Crippen LogP contribution in [0.4, 0.5) is 5.69 Å². The van der Waals surface area contributed by atoms with Crippen molar-refractivity contribution in [2.45, 2.75) is 6.92 Å². The molecule has 0 fully saturated rings. The van der Waals surface area contributed by atoms with Gasteiger partial charge in [0.25, 0.3) is 5.91 Å². The van der Waals surface area contributed by atoms with E-state index in [0.29, 0.717) is 5.57 Å². The van der Waals surface area contributed by atoms with E-state index < -0.39 is 0 Å². The van der Waals surface area contributed by atoms with Crippen LogP contribution in [0, 0.1) is 0 Å². The molecule has 0 aliphatic carbocycles. The molecule has 2 heterocycles. The summed E-state index contributed by atoms with van der Waals surface area (Å²) in [4.78, 5) is 15.6. The molecule has 0 radical (unpaired) electrons. The number of carbonyl (C=O) groups is 1. The molecule has 2 N–H and O–H groups in total. The van der Waals surface area contributed by atoms with Crippen molar-refractivity contribution in [3.63, 3.8) is 0 Å². The van der Waals surface area contributed by atoms with E-state index in [1.807, 2.05) is 19.2 Å². The van der Waals surface area contributed by atoms with E-state index in [1.54, 1.807) is 5.51 Å². The first-order valence-corrected chi connectivity index (χ1v) is 6.58. The van der Waals surface area contributed by atoms with Crippen LogP contribution >= 0.6 is 11.3 Å². The number of benzene rings is 1. The van der Waals surface area contributed by atoms with Crippen molar-refractivity contribution in [1.29, 1.82) is 0 Å². The lowest BCUT2D eigenvalue weighted by Gasteiger charge is -1.97. The third-order valence-corrected chi connectivity index (χ3v) is 3.54. The number of amides is 1. The molecule has 1 aromatic carbocycles. The molecule has 0 bridgehead atoms. The second kappa shape index (κ2) is 5.29. The van der Waals surface area contributed by atoms with Gasteiger partial charge < -0.3 is 10.6 Å². The van der Waals surface area contributed by atoms with E-state index in [-0.39, 0.29) is 5.91 Å². The first-order valence-electron chi connectivity index (χ1n) is 5.70. The molecule has 94 valence electrons. The summed E-state index contributed by atoms with van der Waals surface area (Å²) in [5, 5.41) is 5.70. The number of aromatic nitrogens is 1. The van der Waals surface area contributed by atoms with Crippen LogP contribution in [0.1, 0.15) is 12.5 Å². The minimum atomic E-state index is -0.110. The molecular weight excluding hydrogens is 246 g/mol. The van der Waals surface area contributed by atoms with Crippen molar-refractivity contribution in [3.05, 3.63) is 29.8 Å². The van der Waals surface area contributed by atoms with Gasteiger partial charge in [-0.15, -0.1) is 11.3 Å². The zero-order chi connectivity index (χ0) is 13.1. The topological polar surface area (TPSA) is 54.0 Å². The number of hydrogen-bond acceptors (Lipinski definition) is 4. The van der Waals surface area contributed by atoms with Crippen molar-refractivity contribution in [2.24, 2.45) is 0 Å². The van der Waals surface area contributed by atoms with E-state index in [2.05, 4.69) is 29.1 Å². The SMILES string of the molecule is C=C1C(=O)Nc2ccc3ncsc3c21.CCNC. The van der Waals surface area contributed by atoms with Crippen LogP contribution in [0.15, 0.2) is 24.2 Å². The lowest BCUT2D eigenvalue weighted by molar-refractivity contribution is -0.110. The quantitative estimate of drug-likeness (QED) is 0.775. The minimum Gasteiger partial charge on any atom is -0.321 e. The summed E-state index contributed by atoms with van der Waals surface area (Å²) in [5.41, 5.74) is 4.99. The van der Waals surface area contributed by atoms with Crippen LogP contribution in [0.5, 0.6) is 0 Å². The Morgan fingerprint density at radius 3 is 2.89 bits per heavy atom. The Morgan fingerprint density at radius 1 is 1.50 bits per heavy atom. The number of nitrogens with zero attached hydrogens (tertiary/aromatic N) is 1. The van der Waals surface area contributed by atoms with Gasteiger partial charge in [0.05, 0.1) is 21.4 Å². The number of rotatable bonds is 1. The van der Waals surface area contributed by atoms with Gasteiger partial charge in [0, 0.05) is 11.1 Å². The van der Waals surface area contributed by atoms with Gasteiger partial charge in [-0.05, 0) is 25.7 Å². The molecule has 1 amide bonds. The number of thiazole rings is 1. The van der Waals surface area contributed by atoms with E-state index in [0.717, 1.165) is 28.0 Å². The van der Waals surface area contributed by atoms with Crippen LogP contribution in [0.2, 0.25) is 0 Å². The first kappa shape index (κ1) is 12.7. The zero-order valence-corrected chi connectivity index (χ0v) is 11.2. The van der Waals surface area contributed by atoms with Gasteiger partial charge in [-0.25, -0.2) is 4.98 Å². The van der Waals surface area contributed by atoms with Crippen LogP contribution < -0.4 is 10.6 Å². The summed E-state index contributed by atoms with van der Waals surface area (Å²) in [6.07, 6.45) is 0. The van der Waals surface area contributed by atoms with Gasteiger partial charge in [0.15, 0.2) is 0 Å². The molecule has 0 spiro atoms. The summed E-state index contributed by atoms with van der Waals surface area (Å²) >= 11 is 1.53. The zero-order valence-electron chi connectivity index (χ0n) is 10.4. The Bertz CT molecular complexity index is 601. The Hall–Kier alpha value is -1.72. The number of carbonyl (C=O) groups excluding carboxylic acids is 1. The van der Waals surface area contributed by atoms with Crippen LogP contribution in [0.25, 0.3) is 15.8 Å². The molecule has 1 aliphatic rings. The summed E-state index contributed by atoms with van der Waals surface area (Å²) in [6, 6.07) is 3.77. The Kier molecular flexibility index (Phi) is 3.74. The summed E-state index contributed by atoms with van der Waals surface area (Å²) in [5.74, 6) is -0.110. The monoisotopic (exact) mass is 261 g/mol. The highest BCUT2D eigenvalue weighted by Gasteiger charge is 2.24. The van der Waals surface area contributed by atoms with Crippen LogP contribution in [-0.4, -0.2) is 24.5 Å². The van der Waals surface area contributed by atoms with E-state index in [9.17, 15) is 4.79 Å². The predicted octanol–water partition coefficient (Wildman–Crippen LogP) is 2.49. The van der Waals surface area contributed by atoms with Gasteiger partial charge in [-0.2, -0.15) is 0 Å². The fourth-order valence-corrected chi connectivity index (χ4v) is 2.51. The molecule has 2 aromatic rings. The second-order valence-corrected chi connectivity index (χ2v) is 4.68. The van der Waals surface area contributed by atoms with E-state index in [1.165, 1.54) is 11.3 Å². The number of fused-ring (bicyclic) bond motifs is 3. The average Bonchev–Trinajstić information content (AvgIpc) is 2.95. The van der Waals surface area contributed by atoms with Crippen LogP contribution in [-0.2, 0) is 4.79 Å². The molecule has 4 nitrogen and oxygen atoms in total. The molecule has 1 aliphatic heterocycles. The molecule has 5 heteroatoms. The molecule has 0 unspecified atom stereocenters. The highest BCUT2D eigenvalue weighted by Crippen LogP contribution is 2.37. The van der Waals surface area contributed by atoms with E-state index in [4.69, 9.17) is 0 Å². The predicted molar refractivity (Wildman–Crippen MR) is 76.9 cm³/mol. The fraction of sp³-hybridized carbons (Fsp3) is 0.231. The van der Waals surface area contributed by atoms with E-state index >= 15 is 0 Å². The Morgan fingerprint density at radius 2 is 2.22 bits per heavy atom. The van der Waals surface area contributed by atoms with Gasteiger partial charge in [-0.1, -0.05) is 13.5 Å². The molecule has 0 saturated carbocycles. The maximum atomic E-state index is 11.4. The summed E-state index contributed by atoms with van der Waals surface area (Å²) < 4.78 is 1.03. The third kappa shape index (κ3) is 2.14. The largest absolute Gasteiger partial charge is 0.321 e. The highest BCUT2D eigenvalue weighted by molar-refractivity contribution is 7.17. The van der Waals surface area contributed by atoms with Crippen molar-refractivity contribution in [1.82, 2.24) is 10.3 Å². The number of anilines is 1. The van der Waals surface area contributed by atoms with Crippen molar-refractivity contribution in [3.8, 4) is 0 Å². The van der Waals surface area contributed by atoms with Crippen molar-refractivity contribution >= 4 is 38.7 Å². The summed E-state index contributed by atoms with van der Waals surface area (Å²) in [7, 11) is 1.93. The number of nitrogens with one attached hydrogen (secondary N) is 2. The van der Waals surface area contributed by atoms with Gasteiger partial charge >= 0.3 is 0 Å². The maximum absolute atomic E-state index is 11.4. The summed E-state index contributed by atoms with van der Waals surface area (Å²) in [6.45, 7) is 6.91. The Labute approximate surface area is 110 Å². The lowest BCUT2D eigenvalue weighted by Crippen LogP contribution is -2.02. The Balaban J connectivity index is 0.000000267. The second-order valence-electron chi connectivity index (χ2n) is 3.83. The average molecular weight is 261 g/mol. The van der Waals surface area contributed by atoms with Crippen molar-refractivity contribution in [2.75, 3.05) is 18.9 Å². The maximum Gasteiger partial charge on any atom is 0.255 e. The molecule has 0 saturated heterocycles.